The SMILES string of the molecule is Cc1oc(-c2cccs2)nc1CC(=O)N[C@H](c1ccccc1)c1ccc2nc[nH]c2c1. The molecule has 154 valence electrons. The summed E-state index contributed by atoms with van der Waals surface area (Å²) in [5, 5.41) is 5.15. The number of amides is 1. The summed E-state index contributed by atoms with van der Waals surface area (Å²) in [6.45, 7) is 1.84. The summed E-state index contributed by atoms with van der Waals surface area (Å²) < 4.78 is 5.78. The normalized spacial score (nSPS) is 12.2. The number of imidazole rings is 1. The van der Waals surface area contributed by atoms with Gasteiger partial charge in [0.25, 0.3) is 0 Å². The molecule has 3 heterocycles. The minimum atomic E-state index is -0.287. The van der Waals surface area contributed by atoms with E-state index in [2.05, 4.69) is 20.3 Å². The zero-order valence-electron chi connectivity index (χ0n) is 16.8. The van der Waals surface area contributed by atoms with E-state index in [1.807, 2.05) is 73.0 Å². The van der Waals surface area contributed by atoms with Crippen LogP contribution in [0.4, 0.5) is 0 Å². The molecule has 0 aliphatic heterocycles. The molecule has 3 aromatic heterocycles. The van der Waals surface area contributed by atoms with Gasteiger partial charge in [-0.1, -0.05) is 42.5 Å². The summed E-state index contributed by atoms with van der Waals surface area (Å²) in [4.78, 5) is 25.9. The second-order valence-corrected chi connectivity index (χ2v) is 8.21. The highest BCUT2D eigenvalue weighted by molar-refractivity contribution is 7.13. The van der Waals surface area contributed by atoms with Crippen molar-refractivity contribution in [2.75, 3.05) is 0 Å². The topological polar surface area (TPSA) is 83.8 Å². The number of carbonyl (C=O) groups is 1. The maximum absolute atomic E-state index is 13.0. The molecule has 0 unspecified atom stereocenters. The van der Waals surface area contributed by atoms with E-state index >= 15 is 0 Å². The van der Waals surface area contributed by atoms with Crippen molar-refractivity contribution in [3.8, 4) is 10.8 Å². The third kappa shape index (κ3) is 4.00. The van der Waals surface area contributed by atoms with Crippen molar-refractivity contribution >= 4 is 28.3 Å². The number of carbonyl (C=O) groups excluding carboxylic acids is 1. The van der Waals surface area contributed by atoms with Crippen LogP contribution in [0.2, 0.25) is 0 Å². The summed E-state index contributed by atoms with van der Waals surface area (Å²) in [6, 6.07) is 19.5. The fraction of sp³-hybridized carbons (Fsp3) is 0.125. The van der Waals surface area contributed by atoms with Crippen molar-refractivity contribution in [3.05, 3.63) is 95.0 Å². The van der Waals surface area contributed by atoms with Crippen LogP contribution in [0.25, 0.3) is 21.8 Å². The maximum Gasteiger partial charge on any atom is 0.236 e. The lowest BCUT2D eigenvalue weighted by atomic mass is 9.98. The summed E-state index contributed by atoms with van der Waals surface area (Å²) in [5.74, 6) is 1.10. The van der Waals surface area contributed by atoms with Gasteiger partial charge in [0.05, 0.1) is 40.4 Å². The Hall–Kier alpha value is -3.71. The first-order valence-electron chi connectivity index (χ1n) is 9.95. The molecule has 5 rings (SSSR count). The highest BCUT2D eigenvalue weighted by atomic mass is 32.1. The summed E-state index contributed by atoms with van der Waals surface area (Å²) >= 11 is 1.56. The van der Waals surface area contributed by atoms with E-state index in [4.69, 9.17) is 4.42 Å². The van der Waals surface area contributed by atoms with E-state index in [9.17, 15) is 4.79 Å². The number of benzene rings is 2. The Bertz CT molecular complexity index is 1320. The largest absolute Gasteiger partial charge is 0.440 e. The highest BCUT2D eigenvalue weighted by Crippen LogP contribution is 2.27. The van der Waals surface area contributed by atoms with Crippen LogP contribution in [0.15, 0.2) is 76.8 Å². The number of rotatable bonds is 6. The number of thiophene rings is 1. The Labute approximate surface area is 183 Å². The number of hydrogen-bond acceptors (Lipinski definition) is 5. The van der Waals surface area contributed by atoms with Crippen molar-refractivity contribution in [3.63, 3.8) is 0 Å². The van der Waals surface area contributed by atoms with Crippen LogP contribution in [0.3, 0.4) is 0 Å². The molecule has 0 saturated heterocycles. The average Bonchev–Trinajstić information content (AvgIpc) is 3.54. The van der Waals surface area contributed by atoms with Gasteiger partial charge in [0, 0.05) is 0 Å². The maximum atomic E-state index is 13.0. The number of nitrogens with one attached hydrogen (secondary N) is 2. The number of aromatic nitrogens is 3. The standard InChI is InChI=1S/C24H20N4O2S/c1-15-19(27-24(30-15)21-8-5-11-31-21)13-22(29)28-23(16-6-3-2-4-7-16)17-9-10-18-20(12-17)26-14-25-18/h2-12,14,23H,13H2,1H3,(H,25,26)(H,28,29)/t23-/m1/s1. The van der Waals surface area contributed by atoms with Gasteiger partial charge in [-0.3, -0.25) is 4.79 Å². The number of nitrogens with zero attached hydrogens (tertiary/aromatic N) is 2. The van der Waals surface area contributed by atoms with Gasteiger partial charge in [-0.25, -0.2) is 9.97 Å². The van der Waals surface area contributed by atoms with Crippen LogP contribution in [0, 0.1) is 6.92 Å². The molecule has 0 spiro atoms. The summed E-state index contributed by atoms with van der Waals surface area (Å²) in [5.41, 5.74) is 4.46. The monoisotopic (exact) mass is 428 g/mol. The number of oxazole rings is 1. The van der Waals surface area contributed by atoms with Crippen LogP contribution in [0.5, 0.6) is 0 Å². The Morgan fingerprint density at radius 1 is 1.13 bits per heavy atom. The molecule has 31 heavy (non-hydrogen) atoms. The first kappa shape index (κ1) is 19.3. The van der Waals surface area contributed by atoms with Gasteiger partial charge in [-0.15, -0.1) is 11.3 Å². The third-order valence-electron chi connectivity index (χ3n) is 5.17. The van der Waals surface area contributed by atoms with Crippen molar-refractivity contribution in [1.82, 2.24) is 20.3 Å². The minimum Gasteiger partial charge on any atom is -0.440 e. The fourth-order valence-corrected chi connectivity index (χ4v) is 4.25. The molecular weight excluding hydrogens is 408 g/mol. The van der Waals surface area contributed by atoms with E-state index in [1.165, 1.54) is 0 Å². The highest BCUT2D eigenvalue weighted by Gasteiger charge is 2.20. The van der Waals surface area contributed by atoms with Crippen molar-refractivity contribution in [2.45, 2.75) is 19.4 Å². The zero-order chi connectivity index (χ0) is 21.2. The number of fused-ring (bicyclic) bond motifs is 1. The van der Waals surface area contributed by atoms with Crippen LogP contribution >= 0.6 is 11.3 Å². The lowest BCUT2D eigenvalue weighted by Gasteiger charge is -2.20. The van der Waals surface area contributed by atoms with Gasteiger partial charge in [0.1, 0.15) is 5.76 Å². The Morgan fingerprint density at radius 2 is 2.00 bits per heavy atom. The molecule has 0 aliphatic rings. The number of H-pyrrole nitrogens is 1. The van der Waals surface area contributed by atoms with Crippen LogP contribution < -0.4 is 5.32 Å². The van der Waals surface area contributed by atoms with E-state index in [1.54, 1.807) is 17.7 Å². The first-order valence-corrected chi connectivity index (χ1v) is 10.8. The smallest absolute Gasteiger partial charge is 0.236 e. The lowest BCUT2D eigenvalue weighted by Crippen LogP contribution is -2.30. The molecule has 0 fully saturated rings. The number of aryl methyl sites for hydroxylation is 1. The van der Waals surface area contributed by atoms with Gasteiger partial charge in [-0.05, 0) is 41.6 Å². The van der Waals surface area contributed by atoms with Gasteiger partial charge >= 0.3 is 0 Å². The number of aromatic amines is 1. The molecule has 6 nitrogen and oxygen atoms in total. The molecule has 1 atom stereocenters. The Morgan fingerprint density at radius 3 is 2.81 bits per heavy atom. The predicted molar refractivity (Wildman–Crippen MR) is 121 cm³/mol. The molecule has 5 aromatic rings. The van der Waals surface area contributed by atoms with Crippen molar-refractivity contribution in [1.29, 1.82) is 0 Å². The molecule has 0 saturated carbocycles. The fourth-order valence-electron chi connectivity index (χ4n) is 3.60. The van der Waals surface area contributed by atoms with Crippen LogP contribution in [0.1, 0.15) is 28.6 Å². The molecule has 2 aromatic carbocycles. The number of hydrogen-bond donors (Lipinski definition) is 2. The zero-order valence-corrected chi connectivity index (χ0v) is 17.6. The van der Waals surface area contributed by atoms with Crippen LogP contribution in [-0.4, -0.2) is 20.9 Å². The third-order valence-corrected chi connectivity index (χ3v) is 6.03. The molecule has 0 radical (unpaired) electrons. The molecule has 2 N–H and O–H groups in total. The predicted octanol–water partition coefficient (Wildman–Crippen LogP) is 5.04. The molecule has 7 heteroatoms. The quantitative estimate of drug-likeness (QED) is 0.397. The van der Waals surface area contributed by atoms with Crippen molar-refractivity contribution < 1.29 is 9.21 Å². The second-order valence-electron chi connectivity index (χ2n) is 7.27. The molecule has 1 amide bonds. The molecule has 0 aliphatic carbocycles. The van der Waals surface area contributed by atoms with E-state index < -0.39 is 0 Å². The van der Waals surface area contributed by atoms with Gasteiger partial charge in [-0.2, -0.15) is 0 Å². The van der Waals surface area contributed by atoms with E-state index in [0.29, 0.717) is 17.3 Å². The van der Waals surface area contributed by atoms with Gasteiger partial charge in [0.15, 0.2) is 0 Å². The minimum absolute atomic E-state index is 0.118. The van der Waals surface area contributed by atoms with E-state index in [-0.39, 0.29) is 18.4 Å². The van der Waals surface area contributed by atoms with E-state index in [0.717, 1.165) is 27.0 Å². The van der Waals surface area contributed by atoms with Gasteiger partial charge < -0.3 is 14.7 Å². The van der Waals surface area contributed by atoms with Crippen LogP contribution in [-0.2, 0) is 11.2 Å². The summed E-state index contributed by atoms with van der Waals surface area (Å²) in [7, 11) is 0. The van der Waals surface area contributed by atoms with Gasteiger partial charge in [0.2, 0.25) is 11.8 Å². The molecule has 0 bridgehead atoms. The first-order chi connectivity index (χ1) is 15.2. The van der Waals surface area contributed by atoms with Crippen molar-refractivity contribution in [2.24, 2.45) is 0 Å². The second kappa shape index (κ2) is 8.20. The Kier molecular flexibility index (Phi) is 5.09. The molecular formula is C24H20N4O2S. The Balaban J connectivity index is 1.41. The average molecular weight is 429 g/mol. The summed E-state index contributed by atoms with van der Waals surface area (Å²) in [6.07, 6.45) is 1.82. The lowest BCUT2D eigenvalue weighted by molar-refractivity contribution is -0.121.